The van der Waals surface area contributed by atoms with Gasteiger partial charge in [0.2, 0.25) is 5.91 Å². The molecule has 1 aliphatic heterocycles. The van der Waals surface area contributed by atoms with E-state index in [1.54, 1.807) is 9.58 Å². The molecular formula is C24H32N4O3. The second-order valence-electron chi connectivity index (χ2n) is 9.15. The topological polar surface area (TPSA) is 78.7 Å². The second kappa shape index (κ2) is 9.22. The molecule has 1 aliphatic carbocycles. The molecule has 1 amide bonds. The fourth-order valence-electron chi connectivity index (χ4n) is 4.82. The van der Waals surface area contributed by atoms with E-state index in [0.717, 1.165) is 57.3 Å². The van der Waals surface area contributed by atoms with Gasteiger partial charge in [-0.1, -0.05) is 25.1 Å². The number of piperidine rings is 1. The molecule has 2 fully saturated rings. The molecule has 7 nitrogen and oxygen atoms in total. The van der Waals surface area contributed by atoms with E-state index in [2.05, 4.69) is 24.0 Å². The van der Waals surface area contributed by atoms with E-state index in [-0.39, 0.29) is 29.2 Å². The van der Waals surface area contributed by atoms with Crippen LogP contribution < -0.4 is 4.90 Å². The third kappa shape index (κ3) is 4.66. The van der Waals surface area contributed by atoms with Crippen molar-refractivity contribution in [2.45, 2.75) is 51.5 Å². The zero-order valence-corrected chi connectivity index (χ0v) is 18.4. The van der Waals surface area contributed by atoms with Crippen LogP contribution in [0.5, 0.6) is 0 Å². The first-order valence-corrected chi connectivity index (χ1v) is 11.3. The fraction of sp³-hybridized carbons (Fsp3) is 0.542. The van der Waals surface area contributed by atoms with Gasteiger partial charge >= 0.3 is 5.97 Å². The van der Waals surface area contributed by atoms with E-state index in [9.17, 15) is 14.7 Å². The van der Waals surface area contributed by atoms with Crippen LogP contribution in [0.3, 0.4) is 0 Å². The molecule has 0 unspecified atom stereocenters. The Kier molecular flexibility index (Phi) is 6.41. The molecule has 1 saturated carbocycles. The number of anilines is 1. The Labute approximate surface area is 183 Å². The van der Waals surface area contributed by atoms with Gasteiger partial charge in [0.05, 0.1) is 5.69 Å². The van der Waals surface area contributed by atoms with E-state index < -0.39 is 5.97 Å². The molecule has 0 radical (unpaired) electrons. The van der Waals surface area contributed by atoms with Gasteiger partial charge in [-0.2, -0.15) is 0 Å². The number of nitrogens with zero attached hydrogens (tertiary/aromatic N) is 4. The minimum Gasteiger partial charge on any atom is -0.477 e. The summed E-state index contributed by atoms with van der Waals surface area (Å²) >= 11 is 0. The van der Waals surface area contributed by atoms with Crippen molar-refractivity contribution in [1.82, 2.24) is 14.7 Å². The van der Waals surface area contributed by atoms with Gasteiger partial charge < -0.3 is 10.0 Å². The van der Waals surface area contributed by atoms with Crippen molar-refractivity contribution in [1.29, 1.82) is 0 Å². The van der Waals surface area contributed by atoms with Gasteiger partial charge in [0.15, 0.2) is 5.82 Å². The number of carboxylic acid groups (broad SMARTS) is 1. The number of para-hydroxylation sites is 1. The van der Waals surface area contributed by atoms with Crippen molar-refractivity contribution < 1.29 is 14.7 Å². The van der Waals surface area contributed by atoms with Crippen molar-refractivity contribution >= 4 is 17.7 Å². The predicted octanol–water partition coefficient (Wildman–Crippen LogP) is 3.82. The normalized spacial score (nSPS) is 22.9. The van der Waals surface area contributed by atoms with Gasteiger partial charge in [0.25, 0.3) is 0 Å². The monoisotopic (exact) mass is 424 g/mol. The average molecular weight is 425 g/mol. The summed E-state index contributed by atoms with van der Waals surface area (Å²) in [5.41, 5.74) is 0.860. The smallest absolute Gasteiger partial charge is 0.341 e. The number of likely N-dealkylation sites (tertiary alicyclic amines) is 1. The van der Waals surface area contributed by atoms with E-state index in [0.29, 0.717) is 5.92 Å². The van der Waals surface area contributed by atoms with Crippen molar-refractivity contribution in [3.63, 3.8) is 0 Å². The summed E-state index contributed by atoms with van der Waals surface area (Å²) in [5.74, 6) is -0.135. The number of hydrogen-bond donors (Lipinski definition) is 1. The van der Waals surface area contributed by atoms with Crippen LogP contribution in [0.2, 0.25) is 0 Å². The molecule has 1 N–H and O–H groups in total. The van der Waals surface area contributed by atoms with Gasteiger partial charge in [0.1, 0.15) is 5.56 Å². The highest BCUT2D eigenvalue weighted by molar-refractivity contribution is 6.02. The number of carbonyl (C=O) groups excluding carboxylic acids is 1. The molecule has 166 valence electrons. The minimum absolute atomic E-state index is 0.0275. The van der Waals surface area contributed by atoms with Gasteiger partial charge in [-0.15, -0.1) is 5.10 Å². The lowest BCUT2D eigenvalue weighted by atomic mass is 9.82. The molecule has 2 aliphatic rings. The highest BCUT2D eigenvalue weighted by atomic mass is 16.4. The Hall–Kier alpha value is -2.67. The summed E-state index contributed by atoms with van der Waals surface area (Å²) in [6, 6.07) is 9.42. The maximum atomic E-state index is 13.8. The lowest BCUT2D eigenvalue weighted by Crippen LogP contribution is -2.50. The van der Waals surface area contributed by atoms with Crippen LogP contribution >= 0.6 is 0 Å². The minimum atomic E-state index is -1.06. The molecule has 4 rings (SSSR count). The number of amides is 1. The van der Waals surface area contributed by atoms with Crippen molar-refractivity contribution in [2.75, 3.05) is 25.0 Å². The summed E-state index contributed by atoms with van der Waals surface area (Å²) in [6.07, 6.45) is 7.00. The summed E-state index contributed by atoms with van der Waals surface area (Å²) in [6.45, 7) is 4.01. The summed E-state index contributed by atoms with van der Waals surface area (Å²) in [4.78, 5) is 29.9. The molecule has 7 heteroatoms. The maximum Gasteiger partial charge on any atom is 0.341 e. The van der Waals surface area contributed by atoms with Gasteiger partial charge in [-0.25, -0.2) is 9.48 Å². The van der Waals surface area contributed by atoms with Crippen LogP contribution in [0.1, 0.15) is 55.8 Å². The summed E-state index contributed by atoms with van der Waals surface area (Å²) in [5, 5.41) is 14.6. The highest BCUT2D eigenvalue weighted by Gasteiger charge is 2.37. The van der Waals surface area contributed by atoms with Gasteiger partial charge in [0, 0.05) is 18.2 Å². The van der Waals surface area contributed by atoms with E-state index >= 15 is 0 Å². The van der Waals surface area contributed by atoms with Gasteiger partial charge in [-0.05, 0) is 76.7 Å². The number of carboxylic acids is 1. The molecular weight excluding hydrogens is 392 g/mol. The van der Waals surface area contributed by atoms with Gasteiger partial charge in [-0.3, -0.25) is 9.69 Å². The van der Waals surface area contributed by atoms with Crippen LogP contribution in [-0.2, 0) is 4.79 Å². The third-order valence-corrected chi connectivity index (χ3v) is 6.83. The van der Waals surface area contributed by atoms with Crippen molar-refractivity contribution in [2.24, 2.45) is 11.8 Å². The second-order valence-corrected chi connectivity index (χ2v) is 9.15. The molecule has 2 aromatic rings. The van der Waals surface area contributed by atoms with E-state index in [1.807, 2.05) is 30.3 Å². The third-order valence-electron chi connectivity index (χ3n) is 6.83. The fourth-order valence-corrected chi connectivity index (χ4v) is 4.82. The van der Waals surface area contributed by atoms with E-state index in [4.69, 9.17) is 0 Å². The molecule has 0 atom stereocenters. The lowest BCUT2D eigenvalue weighted by Gasteiger charge is -2.39. The summed E-state index contributed by atoms with van der Waals surface area (Å²) in [7, 11) is 2.08. The quantitative estimate of drug-likeness (QED) is 0.789. The molecule has 2 heterocycles. The SMILES string of the molecule is CN1CCC(N(c2nn(-c3ccccc3)cc2C(=O)O)C(=O)[C@H]2CC[C@H](C)CC2)CC1. The Morgan fingerprint density at radius 3 is 2.29 bits per heavy atom. The lowest BCUT2D eigenvalue weighted by molar-refractivity contribution is -0.124. The molecule has 1 saturated heterocycles. The molecule has 1 aromatic heterocycles. The van der Waals surface area contributed by atoms with Crippen LogP contribution in [-0.4, -0.2) is 57.8 Å². The number of aromatic carboxylic acids is 1. The number of hydrogen-bond acceptors (Lipinski definition) is 4. The number of aromatic nitrogens is 2. The first-order chi connectivity index (χ1) is 14.9. The van der Waals surface area contributed by atoms with Crippen LogP contribution in [0, 0.1) is 11.8 Å². The van der Waals surface area contributed by atoms with Crippen molar-refractivity contribution in [3.05, 3.63) is 42.1 Å². The number of rotatable bonds is 5. The Morgan fingerprint density at radius 1 is 1.03 bits per heavy atom. The highest BCUT2D eigenvalue weighted by Crippen LogP contribution is 2.34. The van der Waals surface area contributed by atoms with Crippen molar-refractivity contribution in [3.8, 4) is 5.69 Å². The Bertz CT molecular complexity index is 910. The first-order valence-electron chi connectivity index (χ1n) is 11.3. The average Bonchev–Trinajstić information content (AvgIpc) is 3.22. The zero-order valence-electron chi connectivity index (χ0n) is 18.4. The first kappa shape index (κ1) is 21.6. The Balaban J connectivity index is 1.73. The van der Waals surface area contributed by atoms with E-state index in [1.165, 1.54) is 6.20 Å². The molecule has 0 bridgehead atoms. The summed E-state index contributed by atoms with van der Waals surface area (Å²) < 4.78 is 1.58. The molecule has 1 aromatic carbocycles. The Morgan fingerprint density at radius 2 is 1.68 bits per heavy atom. The van der Waals surface area contributed by atoms with Crippen LogP contribution in [0.4, 0.5) is 5.82 Å². The largest absolute Gasteiger partial charge is 0.477 e. The molecule has 0 spiro atoms. The van der Waals surface area contributed by atoms with Crippen LogP contribution in [0.25, 0.3) is 5.69 Å². The maximum absolute atomic E-state index is 13.8. The zero-order chi connectivity index (χ0) is 22.0. The molecule has 31 heavy (non-hydrogen) atoms. The predicted molar refractivity (Wildman–Crippen MR) is 120 cm³/mol. The van der Waals surface area contributed by atoms with Crippen LogP contribution in [0.15, 0.2) is 36.5 Å². The standard InChI is InChI=1S/C24H32N4O3/c1-17-8-10-18(11-9-17)23(29)28(20-12-14-26(2)15-13-20)22-21(24(30)31)16-27(25-22)19-6-4-3-5-7-19/h3-7,16-18,20H,8-15H2,1-2H3,(H,30,31)/t17-,18-. The number of benzene rings is 1. The number of carbonyl (C=O) groups is 2.